The molecule has 5 nitrogen and oxygen atoms in total. The van der Waals surface area contributed by atoms with Crippen LogP contribution >= 0.6 is 0 Å². The SMILES string of the molecule is c1ccc2c(c1)c1ccccc1c1nc(N3CCOCC3)nnc21. The smallest absolute Gasteiger partial charge is 0.246 e. The number of rotatable bonds is 1. The molecule has 1 aliphatic rings. The molecule has 0 amide bonds. The largest absolute Gasteiger partial charge is 0.378 e. The predicted octanol–water partition coefficient (Wildman–Crippen LogP) is 3.17. The van der Waals surface area contributed by atoms with Gasteiger partial charge in [-0.15, -0.1) is 10.2 Å². The summed E-state index contributed by atoms with van der Waals surface area (Å²) in [6.45, 7) is 3.02. The van der Waals surface area contributed by atoms with Crippen LogP contribution in [0.1, 0.15) is 0 Å². The van der Waals surface area contributed by atoms with Gasteiger partial charge in [0.15, 0.2) is 0 Å². The molecule has 0 bridgehead atoms. The Labute approximate surface area is 138 Å². The summed E-state index contributed by atoms with van der Waals surface area (Å²) in [5, 5.41) is 13.5. The van der Waals surface area contributed by atoms with Crippen LogP contribution in [-0.4, -0.2) is 41.5 Å². The fourth-order valence-corrected chi connectivity index (χ4v) is 3.43. The minimum absolute atomic E-state index is 0.686. The molecule has 5 rings (SSSR count). The molecule has 5 heteroatoms. The van der Waals surface area contributed by atoms with Gasteiger partial charge in [0.1, 0.15) is 11.0 Å². The zero-order valence-electron chi connectivity index (χ0n) is 13.1. The van der Waals surface area contributed by atoms with E-state index >= 15 is 0 Å². The number of morpholine rings is 1. The molecule has 0 spiro atoms. The summed E-state index contributed by atoms with van der Waals surface area (Å²) in [5.41, 5.74) is 1.78. The first kappa shape index (κ1) is 13.6. The van der Waals surface area contributed by atoms with Gasteiger partial charge in [-0.2, -0.15) is 0 Å². The molecule has 0 N–H and O–H groups in total. The van der Waals surface area contributed by atoms with Gasteiger partial charge < -0.3 is 9.64 Å². The molecular weight excluding hydrogens is 300 g/mol. The first-order chi connectivity index (χ1) is 11.9. The lowest BCUT2D eigenvalue weighted by molar-refractivity contribution is 0.122. The molecule has 2 heterocycles. The highest BCUT2D eigenvalue weighted by molar-refractivity contribution is 6.22. The number of fused-ring (bicyclic) bond motifs is 6. The van der Waals surface area contributed by atoms with Crippen LogP contribution in [-0.2, 0) is 4.74 Å². The lowest BCUT2D eigenvalue weighted by Gasteiger charge is -2.26. The second kappa shape index (κ2) is 5.39. The van der Waals surface area contributed by atoms with Gasteiger partial charge in [0, 0.05) is 23.9 Å². The molecule has 118 valence electrons. The molecule has 0 radical (unpaired) electrons. The summed E-state index contributed by atoms with van der Waals surface area (Å²) in [7, 11) is 0. The lowest BCUT2D eigenvalue weighted by atomic mass is 10.00. The number of nitrogens with zero attached hydrogens (tertiary/aromatic N) is 4. The van der Waals surface area contributed by atoms with E-state index in [1.165, 1.54) is 10.8 Å². The number of hydrogen-bond acceptors (Lipinski definition) is 5. The fraction of sp³-hybridized carbons (Fsp3) is 0.211. The maximum Gasteiger partial charge on any atom is 0.246 e. The van der Waals surface area contributed by atoms with Crippen molar-refractivity contribution in [1.82, 2.24) is 15.2 Å². The topological polar surface area (TPSA) is 51.1 Å². The number of benzene rings is 3. The molecule has 1 aliphatic heterocycles. The van der Waals surface area contributed by atoms with E-state index in [9.17, 15) is 0 Å². The Bertz CT molecular complexity index is 1020. The van der Waals surface area contributed by atoms with Crippen LogP contribution in [0.4, 0.5) is 5.95 Å². The van der Waals surface area contributed by atoms with Gasteiger partial charge in [-0.3, -0.25) is 0 Å². The Morgan fingerprint density at radius 1 is 0.708 bits per heavy atom. The Hall–Kier alpha value is -2.79. The predicted molar refractivity (Wildman–Crippen MR) is 95.4 cm³/mol. The molecule has 0 unspecified atom stereocenters. The van der Waals surface area contributed by atoms with Gasteiger partial charge >= 0.3 is 0 Å². The van der Waals surface area contributed by atoms with E-state index in [0.717, 1.165) is 34.9 Å². The molecule has 3 aromatic carbocycles. The zero-order chi connectivity index (χ0) is 15.9. The standard InChI is InChI=1S/C19H16N4O/c1-3-7-15-13(5-1)14-6-2-4-8-16(14)18-17(15)20-19(22-21-18)23-9-11-24-12-10-23/h1-8H,9-12H2. The van der Waals surface area contributed by atoms with Crippen LogP contribution in [0.25, 0.3) is 32.6 Å². The minimum Gasteiger partial charge on any atom is -0.378 e. The van der Waals surface area contributed by atoms with E-state index in [-0.39, 0.29) is 0 Å². The van der Waals surface area contributed by atoms with Gasteiger partial charge in [-0.05, 0) is 10.8 Å². The molecule has 0 atom stereocenters. The van der Waals surface area contributed by atoms with Crippen molar-refractivity contribution in [3.63, 3.8) is 0 Å². The summed E-state index contributed by atoms with van der Waals surface area (Å²) in [6, 6.07) is 16.7. The van der Waals surface area contributed by atoms with Crippen LogP contribution in [0.5, 0.6) is 0 Å². The second-order valence-corrected chi connectivity index (χ2v) is 6.00. The van der Waals surface area contributed by atoms with Crippen LogP contribution in [0.2, 0.25) is 0 Å². The lowest BCUT2D eigenvalue weighted by Crippen LogP contribution is -2.37. The molecule has 24 heavy (non-hydrogen) atoms. The zero-order valence-corrected chi connectivity index (χ0v) is 13.1. The third-order valence-electron chi connectivity index (χ3n) is 4.62. The van der Waals surface area contributed by atoms with Crippen molar-refractivity contribution in [2.24, 2.45) is 0 Å². The second-order valence-electron chi connectivity index (χ2n) is 6.00. The van der Waals surface area contributed by atoms with E-state index < -0.39 is 0 Å². The first-order valence-corrected chi connectivity index (χ1v) is 8.18. The van der Waals surface area contributed by atoms with Crippen LogP contribution < -0.4 is 4.90 Å². The maximum atomic E-state index is 5.42. The highest BCUT2D eigenvalue weighted by atomic mass is 16.5. The minimum atomic E-state index is 0.686. The van der Waals surface area contributed by atoms with Crippen molar-refractivity contribution in [2.75, 3.05) is 31.2 Å². The number of anilines is 1. The van der Waals surface area contributed by atoms with Crippen LogP contribution in [0.3, 0.4) is 0 Å². The van der Waals surface area contributed by atoms with Gasteiger partial charge in [0.05, 0.1) is 13.2 Å². The van der Waals surface area contributed by atoms with Crippen molar-refractivity contribution in [3.8, 4) is 0 Å². The average Bonchev–Trinajstić information content (AvgIpc) is 2.68. The van der Waals surface area contributed by atoms with E-state index in [4.69, 9.17) is 9.72 Å². The van der Waals surface area contributed by atoms with E-state index in [2.05, 4.69) is 51.5 Å². The summed E-state index contributed by atoms with van der Waals surface area (Å²) in [6.07, 6.45) is 0. The normalized spacial score (nSPS) is 15.4. The van der Waals surface area contributed by atoms with Gasteiger partial charge in [-0.25, -0.2) is 4.98 Å². The molecule has 0 aliphatic carbocycles. The molecule has 1 aromatic heterocycles. The van der Waals surface area contributed by atoms with Gasteiger partial charge in [-0.1, -0.05) is 48.5 Å². The van der Waals surface area contributed by atoms with Gasteiger partial charge in [0.25, 0.3) is 0 Å². The monoisotopic (exact) mass is 316 g/mol. The number of aromatic nitrogens is 3. The Balaban J connectivity index is 1.85. The maximum absolute atomic E-state index is 5.42. The Morgan fingerprint density at radius 2 is 1.29 bits per heavy atom. The van der Waals surface area contributed by atoms with E-state index in [1.807, 2.05) is 12.1 Å². The quantitative estimate of drug-likeness (QED) is 0.505. The molecule has 1 saturated heterocycles. The summed E-state index contributed by atoms with van der Waals surface area (Å²) < 4.78 is 5.42. The molecule has 4 aromatic rings. The number of hydrogen-bond donors (Lipinski definition) is 0. The van der Waals surface area contributed by atoms with Crippen molar-refractivity contribution >= 4 is 38.5 Å². The highest BCUT2D eigenvalue weighted by Gasteiger charge is 2.17. The summed E-state index contributed by atoms with van der Waals surface area (Å²) in [4.78, 5) is 7.01. The molecular formula is C19H16N4O. The summed E-state index contributed by atoms with van der Waals surface area (Å²) in [5.74, 6) is 0.686. The third kappa shape index (κ3) is 2.02. The Morgan fingerprint density at radius 3 is 1.96 bits per heavy atom. The summed E-state index contributed by atoms with van der Waals surface area (Å²) >= 11 is 0. The van der Waals surface area contributed by atoms with Crippen molar-refractivity contribution in [3.05, 3.63) is 48.5 Å². The van der Waals surface area contributed by atoms with Gasteiger partial charge in [0.2, 0.25) is 5.95 Å². The van der Waals surface area contributed by atoms with E-state index in [0.29, 0.717) is 19.2 Å². The highest BCUT2D eigenvalue weighted by Crippen LogP contribution is 2.33. The Kier molecular flexibility index (Phi) is 3.06. The van der Waals surface area contributed by atoms with Crippen LogP contribution in [0.15, 0.2) is 48.5 Å². The molecule has 0 saturated carbocycles. The average molecular weight is 316 g/mol. The fourth-order valence-electron chi connectivity index (χ4n) is 3.43. The first-order valence-electron chi connectivity index (χ1n) is 8.18. The van der Waals surface area contributed by atoms with Crippen molar-refractivity contribution in [2.45, 2.75) is 0 Å². The van der Waals surface area contributed by atoms with E-state index in [1.54, 1.807) is 0 Å². The molecule has 1 fully saturated rings. The third-order valence-corrected chi connectivity index (χ3v) is 4.62. The van der Waals surface area contributed by atoms with Crippen molar-refractivity contribution < 1.29 is 4.74 Å². The van der Waals surface area contributed by atoms with Crippen LogP contribution in [0, 0.1) is 0 Å². The van der Waals surface area contributed by atoms with Crippen molar-refractivity contribution in [1.29, 1.82) is 0 Å². The number of ether oxygens (including phenoxy) is 1.